The minimum absolute atomic E-state index is 0.667. The molecular formula is C24H44O22. The Morgan fingerprint density at radius 1 is 0.587 bits per heavy atom. The number of carbonyl (C=O) groups excluding carboxylic acids is 1. The number of hydrogen-bond donors (Lipinski definition) is 16. The molecule has 0 amide bonds. The van der Waals surface area contributed by atoms with Crippen LogP contribution in [0, 0.1) is 0 Å². The van der Waals surface area contributed by atoms with Gasteiger partial charge in [0.05, 0.1) is 26.4 Å². The topological polar surface area (TPSA) is 387 Å². The fourth-order valence-electron chi connectivity index (χ4n) is 4.56. The Hall–Kier alpha value is -1.17. The van der Waals surface area contributed by atoms with Gasteiger partial charge in [-0.2, -0.15) is 0 Å². The van der Waals surface area contributed by atoms with Crippen LogP contribution in [0.25, 0.3) is 0 Å². The summed E-state index contributed by atoms with van der Waals surface area (Å²) in [5, 5.41) is 151. The van der Waals surface area contributed by atoms with E-state index in [0.717, 1.165) is 0 Å². The number of ether oxygens (including phenoxy) is 5. The van der Waals surface area contributed by atoms with Crippen LogP contribution in [0.1, 0.15) is 0 Å². The van der Waals surface area contributed by atoms with Gasteiger partial charge in [0.25, 0.3) is 0 Å². The van der Waals surface area contributed by atoms with Crippen LogP contribution in [0.4, 0.5) is 0 Å². The van der Waals surface area contributed by atoms with Crippen LogP contribution in [0.15, 0.2) is 0 Å². The van der Waals surface area contributed by atoms with E-state index in [2.05, 4.69) is 0 Å². The smallest absolute Gasteiger partial charge is 0.189 e. The maximum atomic E-state index is 11.0. The average molecular weight is 685 g/mol. The number of hydrogen-bond acceptors (Lipinski definition) is 22. The number of Topliss-reactive ketones (excluding diaryl/α,β-unsaturated/α-hetero) is 1. The lowest BCUT2D eigenvalue weighted by atomic mass is 9.97. The zero-order valence-electron chi connectivity index (χ0n) is 24.0. The van der Waals surface area contributed by atoms with Crippen molar-refractivity contribution >= 4 is 5.78 Å². The SMILES string of the molecule is O=C(CO)[C@@H](O)[C@H](O)[C@H](O)CO[C@H]1O[C@H](CO)[C@@H](O)[C@H](O)[C@H]1O.OC[C@H]1O[C@@H](O[C@H]2[C@H](O)[C@@H](O)[C@H](O)O[C@@H]2CO)[C@H](O)[C@@H](O)[C@H]1O. The molecular weight excluding hydrogens is 640 g/mol. The molecule has 0 saturated carbocycles. The van der Waals surface area contributed by atoms with Crippen molar-refractivity contribution in [2.75, 3.05) is 33.0 Å². The maximum Gasteiger partial charge on any atom is 0.189 e. The van der Waals surface area contributed by atoms with Gasteiger partial charge in [-0.25, -0.2) is 0 Å². The molecule has 3 rings (SSSR count). The molecule has 22 nitrogen and oxygen atoms in total. The molecule has 3 heterocycles. The predicted octanol–water partition coefficient (Wildman–Crippen LogP) is -11.0. The van der Waals surface area contributed by atoms with Crippen LogP contribution in [0.2, 0.25) is 0 Å². The molecule has 272 valence electrons. The first kappa shape index (κ1) is 41.0. The quantitative estimate of drug-likeness (QED) is 0.0907. The lowest BCUT2D eigenvalue weighted by Crippen LogP contribution is -2.64. The largest absolute Gasteiger partial charge is 0.394 e. The summed E-state index contributed by atoms with van der Waals surface area (Å²) in [6, 6.07) is 0. The monoisotopic (exact) mass is 684 g/mol. The molecule has 16 N–H and O–H groups in total. The molecule has 0 aromatic heterocycles. The van der Waals surface area contributed by atoms with Gasteiger partial charge < -0.3 is 105 Å². The second-order valence-corrected chi connectivity index (χ2v) is 10.7. The first-order valence-electron chi connectivity index (χ1n) is 13.9. The molecule has 0 aromatic carbocycles. The minimum atomic E-state index is -2.03. The van der Waals surface area contributed by atoms with E-state index in [1.165, 1.54) is 0 Å². The summed E-state index contributed by atoms with van der Waals surface area (Å²) in [5.41, 5.74) is 0. The van der Waals surface area contributed by atoms with Gasteiger partial charge in [-0.3, -0.25) is 4.79 Å². The van der Waals surface area contributed by atoms with Crippen molar-refractivity contribution in [1.29, 1.82) is 0 Å². The molecule has 22 heteroatoms. The van der Waals surface area contributed by atoms with Crippen molar-refractivity contribution in [2.45, 2.75) is 110 Å². The minimum Gasteiger partial charge on any atom is -0.394 e. The van der Waals surface area contributed by atoms with Gasteiger partial charge in [0.1, 0.15) is 98.2 Å². The molecule has 0 aliphatic carbocycles. The van der Waals surface area contributed by atoms with Crippen molar-refractivity contribution < 1.29 is 110 Å². The Bertz CT molecular complexity index is 894. The highest BCUT2D eigenvalue weighted by Gasteiger charge is 2.50. The van der Waals surface area contributed by atoms with Crippen LogP contribution >= 0.6 is 0 Å². The molecule has 18 atom stereocenters. The van der Waals surface area contributed by atoms with Gasteiger partial charge >= 0.3 is 0 Å². The number of ketones is 1. The van der Waals surface area contributed by atoms with Gasteiger partial charge in [-0.15, -0.1) is 0 Å². The van der Waals surface area contributed by atoms with E-state index in [1.807, 2.05) is 0 Å². The zero-order valence-corrected chi connectivity index (χ0v) is 24.0. The second-order valence-electron chi connectivity index (χ2n) is 10.7. The fourth-order valence-corrected chi connectivity index (χ4v) is 4.56. The summed E-state index contributed by atoms with van der Waals surface area (Å²) in [7, 11) is 0. The molecule has 0 radical (unpaired) electrons. The first-order valence-corrected chi connectivity index (χ1v) is 13.9. The van der Waals surface area contributed by atoms with Gasteiger partial charge in [0.15, 0.2) is 24.7 Å². The van der Waals surface area contributed by atoms with Crippen molar-refractivity contribution in [1.82, 2.24) is 0 Å². The molecule has 3 saturated heterocycles. The van der Waals surface area contributed by atoms with E-state index in [-0.39, 0.29) is 0 Å². The van der Waals surface area contributed by atoms with E-state index in [9.17, 15) is 71.2 Å². The highest BCUT2D eigenvalue weighted by atomic mass is 16.7. The highest BCUT2D eigenvalue weighted by molar-refractivity contribution is 5.84. The van der Waals surface area contributed by atoms with Crippen LogP contribution in [-0.2, 0) is 28.5 Å². The normalized spacial score (nSPS) is 43.6. The number of aliphatic hydroxyl groups is 16. The average Bonchev–Trinajstić information content (AvgIpc) is 3.05. The maximum absolute atomic E-state index is 11.0. The fraction of sp³-hybridized carbons (Fsp3) is 0.958. The highest BCUT2D eigenvalue weighted by Crippen LogP contribution is 2.28. The summed E-state index contributed by atoms with van der Waals surface area (Å²) in [6.45, 7) is -3.75. The third-order valence-electron chi connectivity index (χ3n) is 7.46. The lowest BCUT2D eigenvalue weighted by Gasteiger charge is -2.45. The Labute approximate surface area is 260 Å². The van der Waals surface area contributed by atoms with E-state index in [1.54, 1.807) is 0 Å². The molecule has 3 aliphatic rings. The Morgan fingerprint density at radius 2 is 1.07 bits per heavy atom. The second kappa shape index (κ2) is 18.6. The summed E-state index contributed by atoms with van der Waals surface area (Å²) in [5.74, 6) is -1.11. The van der Waals surface area contributed by atoms with Crippen molar-refractivity contribution in [3.8, 4) is 0 Å². The number of rotatable bonds is 12. The molecule has 0 bridgehead atoms. The van der Waals surface area contributed by atoms with Gasteiger partial charge in [-0.1, -0.05) is 0 Å². The van der Waals surface area contributed by atoms with Gasteiger partial charge in [-0.05, 0) is 0 Å². The first-order chi connectivity index (χ1) is 21.5. The molecule has 46 heavy (non-hydrogen) atoms. The zero-order chi connectivity index (χ0) is 35.0. The molecule has 0 spiro atoms. The van der Waals surface area contributed by atoms with Gasteiger partial charge in [0, 0.05) is 0 Å². The Balaban J connectivity index is 0.000000320. The van der Waals surface area contributed by atoms with Gasteiger partial charge in [0.2, 0.25) is 0 Å². The Morgan fingerprint density at radius 3 is 1.54 bits per heavy atom. The molecule has 3 fully saturated rings. The third kappa shape index (κ3) is 9.71. The van der Waals surface area contributed by atoms with Crippen LogP contribution < -0.4 is 0 Å². The van der Waals surface area contributed by atoms with E-state index in [4.69, 9.17) is 39.0 Å². The third-order valence-corrected chi connectivity index (χ3v) is 7.46. The van der Waals surface area contributed by atoms with Crippen molar-refractivity contribution in [3.05, 3.63) is 0 Å². The number of carbonyl (C=O) groups is 1. The molecule has 3 aliphatic heterocycles. The summed E-state index contributed by atoms with van der Waals surface area (Å²) >= 11 is 0. The Kier molecular flexibility index (Phi) is 16.5. The van der Waals surface area contributed by atoms with E-state index >= 15 is 0 Å². The van der Waals surface area contributed by atoms with Crippen molar-refractivity contribution in [2.24, 2.45) is 0 Å². The van der Waals surface area contributed by atoms with Crippen molar-refractivity contribution in [3.63, 3.8) is 0 Å². The van der Waals surface area contributed by atoms with Crippen LogP contribution in [0.3, 0.4) is 0 Å². The van der Waals surface area contributed by atoms with Crippen LogP contribution in [0.5, 0.6) is 0 Å². The van der Waals surface area contributed by atoms with E-state index in [0.29, 0.717) is 0 Å². The van der Waals surface area contributed by atoms with Crippen LogP contribution in [-0.4, -0.2) is 231 Å². The molecule has 0 aromatic rings. The molecule has 0 unspecified atom stereocenters. The lowest BCUT2D eigenvalue weighted by molar-refractivity contribution is -0.355. The summed E-state index contributed by atoms with van der Waals surface area (Å²) < 4.78 is 25.2. The van der Waals surface area contributed by atoms with E-state index < -0.39 is 149 Å². The number of aliphatic hydroxyl groups excluding tert-OH is 16. The standard InChI is InChI=1S/2C12H22O11/c13-1-3-5(15)6(16)9(19)12(22-3)23-10-4(2-14)21-11(20)8(18)7(10)17;13-1-4(15)7(17)8(18)5(16)3-22-12-11(21)10(20)9(19)6(2-14)23-12/h3-20H,1-2H2;5-14,16-21H,1-3H2/t3-,4-,5+,6+,7-,8-,9-,10-,11-,12+;5-,6-,7-,8-,9-,10+,11-,12+/m11/s1. The summed E-state index contributed by atoms with van der Waals surface area (Å²) in [4.78, 5) is 11.0. The predicted molar refractivity (Wildman–Crippen MR) is 138 cm³/mol. The summed E-state index contributed by atoms with van der Waals surface area (Å²) in [6.07, 6.45) is -29.0.